The number of thiazole rings is 1. The molecule has 1 amide bonds. The average Bonchev–Trinajstić information content (AvgIpc) is 3.27. The second-order valence-corrected chi connectivity index (χ2v) is 10.3. The Hall–Kier alpha value is -3.08. The highest BCUT2D eigenvalue weighted by molar-refractivity contribution is 7.22. The highest BCUT2D eigenvalue weighted by atomic mass is 32.1. The Morgan fingerprint density at radius 1 is 1.17 bits per heavy atom. The molecule has 0 atom stereocenters. The topological polar surface area (TPSA) is 101 Å². The van der Waals surface area contributed by atoms with E-state index in [1.54, 1.807) is 12.1 Å². The summed E-state index contributed by atoms with van der Waals surface area (Å²) in [6.07, 6.45) is 2.48. The predicted molar refractivity (Wildman–Crippen MR) is 137 cm³/mol. The van der Waals surface area contributed by atoms with Crippen LogP contribution in [0.5, 0.6) is 0 Å². The van der Waals surface area contributed by atoms with E-state index in [0.717, 1.165) is 35.8 Å². The molecule has 0 aliphatic carbocycles. The van der Waals surface area contributed by atoms with Crippen molar-refractivity contribution in [3.63, 3.8) is 0 Å². The van der Waals surface area contributed by atoms with Crippen LogP contribution in [0.4, 0.5) is 16.5 Å². The number of carbonyl (C=O) groups is 1. The number of morpholine rings is 1. The van der Waals surface area contributed by atoms with Crippen molar-refractivity contribution in [3.8, 4) is 0 Å². The number of fused-ring (bicyclic) bond motifs is 1. The van der Waals surface area contributed by atoms with Crippen molar-refractivity contribution in [3.05, 3.63) is 57.6 Å². The number of aromatic nitrogens is 1. The lowest BCUT2D eigenvalue weighted by atomic mass is 9.99. The Labute approximate surface area is 207 Å². The van der Waals surface area contributed by atoms with Gasteiger partial charge in [-0.3, -0.25) is 25.1 Å². The predicted octanol–water partition coefficient (Wildman–Crippen LogP) is 4.53. The van der Waals surface area contributed by atoms with Gasteiger partial charge < -0.3 is 9.64 Å². The zero-order valence-corrected chi connectivity index (χ0v) is 20.6. The van der Waals surface area contributed by atoms with E-state index in [2.05, 4.69) is 34.3 Å². The number of nitro benzene ring substituents is 1. The van der Waals surface area contributed by atoms with Crippen LogP contribution in [0, 0.1) is 16.0 Å². The van der Waals surface area contributed by atoms with Crippen LogP contribution in [-0.2, 0) is 11.3 Å². The molecule has 184 valence electrons. The van der Waals surface area contributed by atoms with E-state index in [1.807, 2.05) is 11.0 Å². The Morgan fingerprint density at radius 3 is 2.69 bits per heavy atom. The first-order valence-electron chi connectivity index (χ1n) is 12.0. The SMILES string of the molecule is CC1CCN(Cc2ccc3nc(NC(=O)c4ccc(N5CCOCC5)c([N+](=O)[O-])c4)sc3c2)CC1. The molecule has 5 rings (SSSR count). The average molecular weight is 496 g/mol. The molecule has 2 aliphatic rings. The van der Waals surface area contributed by atoms with Gasteiger partial charge in [0.2, 0.25) is 0 Å². The number of benzene rings is 2. The summed E-state index contributed by atoms with van der Waals surface area (Å²) in [6, 6.07) is 10.8. The third-order valence-corrected chi connectivity index (χ3v) is 7.68. The maximum absolute atomic E-state index is 12.9. The van der Waals surface area contributed by atoms with Crippen molar-refractivity contribution in [1.29, 1.82) is 0 Å². The molecule has 0 spiro atoms. The Bertz CT molecular complexity index is 1230. The third kappa shape index (κ3) is 5.44. The molecule has 10 heteroatoms. The summed E-state index contributed by atoms with van der Waals surface area (Å²) >= 11 is 1.42. The minimum Gasteiger partial charge on any atom is -0.378 e. The molecule has 2 aromatic carbocycles. The van der Waals surface area contributed by atoms with Gasteiger partial charge in [-0.2, -0.15) is 0 Å². The van der Waals surface area contributed by atoms with Crippen LogP contribution in [0.1, 0.15) is 35.7 Å². The molecule has 0 saturated carbocycles. The normalized spacial score (nSPS) is 17.6. The summed E-state index contributed by atoms with van der Waals surface area (Å²) in [7, 11) is 0. The van der Waals surface area contributed by atoms with Crippen molar-refractivity contribution in [2.75, 3.05) is 49.6 Å². The van der Waals surface area contributed by atoms with Gasteiger partial charge in [-0.15, -0.1) is 0 Å². The Balaban J connectivity index is 1.30. The number of likely N-dealkylation sites (tertiary alicyclic amines) is 1. The molecule has 1 N–H and O–H groups in total. The number of anilines is 2. The van der Waals surface area contributed by atoms with Crippen LogP contribution in [0.3, 0.4) is 0 Å². The van der Waals surface area contributed by atoms with Crippen molar-refractivity contribution >= 4 is 44.0 Å². The molecular formula is C25H29N5O4S. The monoisotopic (exact) mass is 495 g/mol. The summed E-state index contributed by atoms with van der Waals surface area (Å²) in [5.74, 6) is 0.391. The molecule has 35 heavy (non-hydrogen) atoms. The lowest BCUT2D eigenvalue weighted by Crippen LogP contribution is -2.36. The van der Waals surface area contributed by atoms with Crippen LogP contribution in [0.2, 0.25) is 0 Å². The lowest BCUT2D eigenvalue weighted by Gasteiger charge is -2.30. The zero-order valence-electron chi connectivity index (χ0n) is 19.7. The molecule has 1 aromatic heterocycles. The first-order valence-corrected chi connectivity index (χ1v) is 12.8. The molecule has 2 fully saturated rings. The minimum atomic E-state index is -0.441. The Kier molecular flexibility index (Phi) is 6.94. The summed E-state index contributed by atoms with van der Waals surface area (Å²) in [5.41, 5.74) is 2.72. The Morgan fingerprint density at radius 2 is 1.94 bits per heavy atom. The van der Waals surface area contributed by atoms with Gasteiger partial charge in [-0.25, -0.2) is 4.98 Å². The number of piperidine rings is 1. The number of nitro groups is 1. The number of carbonyl (C=O) groups excluding carboxylic acids is 1. The van der Waals surface area contributed by atoms with Crippen molar-refractivity contribution in [1.82, 2.24) is 9.88 Å². The van der Waals surface area contributed by atoms with E-state index < -0.39 is 10.8 Å². The fraction of sp³-hybridized carbons (Fsp3) is 0.440. The van der Waals surface area contributed by atoms with Crippen molar-refractivity contribution in [2.24, 2.45) is 5.92 Å². The van der Waals surface area contributed by atoms with Gasteiger partial charge >= 0.3 is 0 Å². The van der Waals surface area contributed by atoms with Gasteiger partial charge in [-0.05, 0) is 61.7 Å². The van der Waals surface area contributed by atoms with Crippen molar-refractivity contribution < 1.29 is 14.5 Å². The van der Waals surface area contributed by atoms with E-state index in [4.69, 9.17) is 4.74 Å². The number of nitrogens with zero attached hydrogens (tertiary/aromatic N) is 4. The fourth-order valence-corrected chi connectivity index (χ4v) is 5.58. The first kappa shape index (κ1) is 23.7. The molecule has 9 nitrogen and oxygen atoms in total. The number of rotatable bonds is 6. The van der Waals surface area contributed by atoms with Crippen LogP contribution in [-0.4, -0.2) is 60.1 Å². The van der Waals surface area contributed by atoms with Crippen LogP contribution < -0.4 is 10.2 Å². The number of ether oxygens (including phenoxy) is 1. The van der Waals surface area contributed by atoms with E-state index in [9.17, 15) is 14.9 Å². The van der Waals surface area contributed by atoms with Crippen LogP contribution >= 0.6 is 11.3 Å². The molecule has 0 radical (unpaired) electrons. The highest BCUT2D eigenvalue weighted by Crippen LogP contribution is 2.31. The first-order chi connectivity index (χ1) is 17.0. The van der Waals surface area contributed by atoms with Gasteiger partial charge in [-0.1, -0.05) is 24.3 Å². The maximum Gasteiger partial charge on any atom is 0.293 e. The molecule has 2 aliphatic heterocycles. The van der Waals surface area contributed by atoms with Crippen LogP contribution in [0.25, 0.3) is 10.2 Å². The fourth-order valence-electron chi connectivity index (χ4n) is 4.65. The van der Waals surface area contributed by atoms with Crippen molar-refractivity contribution in [2.45, 2.75) is 26.3 Å². The zero-order chi connectivity index (χ0) is 24.4. The summed E-state index contributed by atoms with van der Waals surface area (Å²) in [5, 5.41) is 15.0. The smallest absolute Gasteiger partial charge is 0.293 e. The number of amides is 1. The number of nitrogens with one attached hydrogen (secondary N) is 1. The standard InChI is InChI=1S/C25H29N5O4S/c1-17-6-8-28(9-7-17)16-18-2-4-20-23(14-18)35-25(26-20)27-24(31)19-3-5-21(22(15-19)30(32)33)29-10-12-34-13-11-29/h2-5,14-15,17H,6-13,16H2,1H3,(H,26,27,31). The van der Waals surface area contributed by atoms with Gasteiger partial charge in [0.25, 0.3) is 11.6 Å². The van der Waals surface area contributed by atoms with Gasteiger partial charge in [0.15, 0.2) is 5.13 Å². The van der Waals surface area contributed by atoms with E-state index in [-0.39, 0.29) is 11.3 Å². The van der Waals surface area contributed by atoms with Gasteiger partial charge in [0.05, 0.1) is 28.4 Å². The second-order valence-electron chi connectivity index (χ2n) is 9.29. The minimum absolute atomic E-state index is 0.0828. The maximum atomic E-state index is 12.9. The molecule has 2 saturated heterocycles. The largest absolute Gasteiger partial charge is 0.378 e. The number of hydrogen-bond acceptors (Lipinski definition) is 8. The molecular weight excluding hydrogens is 466 g/mol. The summed E-state index contributed by atoms with van der Waals surface area (Å²) in [4.78, 5) is 33.1. The summed E-state index contributed by atoms with van der Waals surface area (Å²) < 4.78 is 6.35. The molecule has 3 heterocycles. The number of hydrogen-bond donors (Lipinski definition) is 1. The molecule has 3 aromatic rings. The lowest BCUT2D eigenvalue weighted by molar-refractivity contribution is -0.384. The summed E-state index contributed by atoms with van der Waals surface area (Å²) in [6.45, 7) is 7.69. The van der Waals surface area contributed by atoms with Crippen LogP contribution in [0.15, 0.2) is 36.4 Å². The molecule has 0 bridgehead atoms. The third-order valence-electron chi connectivity index (χ3n) is 6.74. The highest BCUT2D eigenvalue weighted by Gasteiger charge is 2.24. The quantitative estimate of drug-likeness (QED) is 0.396. The van der Waals surface area contributed by atoms with E-state index >= 15 is 0 Å². The molecule has 0 unspecified atom stereocenters. The van der Waals surface area contributed by atoms with E-state index in [0.29, 0.717) is 37.1 Å². The van der Waals surface area contributed by atoms with Gasteiger partial charge in [0.1, 0.15) is 5.69 Å². The second kappa shape index (κ2) is 10.3. The van der Waals surface area contributed by atoms with E-state index in [1.165, 1.54) is 35.8 Å². The van der Waals surface area contributed by atoms with Gasteiger partial charge in [0, 0.05) is 31.3 Å².